The number of benzene rings is 1. The van der Waals surface area contributed by atoms with Crippen LogP contribution in [0.4, 0.5) is 5.69 Å². The fraction of sp³-hybridized carbons (Fsp3) is 0.455. The fourth-order valence-corrected chi connectivity index (χ4v) is 2.58. The first-order valence-electron chi connectivity index (χ1n) is 5.37. The van der Waals surface area contributed by atoms with Crippen LogP contribution in [-0.4, -0.2) is 27.8 Å². The molecule has 0 saturated carbocycles. The van der Waals surface area contributed by atoms with E-state index < -0.39 is 10.0 Å². The highest BCUT2D eigenvalue weighted by molar-refractivity contribution is 7.89. The minimum absolute atomic E-state index is 0.149. The molecule has 0 aromatic heterocycles. The minimum Gasteiger partial charge on any atom is -0.384 e. The predicted molar refractivity (Wildman–Crippen MR) is 65.2 cm³/mol. The van der Waals surface area contributed by atoms with Crippen LogP contribution in [0, 0.1) is 0 Å². The fourth-order valence-electron chi connectivity index (χ4n) is 1.87. The third-order valence-corrected chi connectivity index (χ3v) is 4.21. The molecule has 0 radical (unpaired) electrons. The molecule has 1 aliphatic rings. The molecule has 0 aliphatic carbocycles. The number of hydrogen-bond donors (Lipinski definition) is 2. The van der Waals surface area contributed by atoms with Crippen LogP contribution < -0.4 is 10.0 Å². The first-order valence-corrected chi connectivity index (χ1v) is 7.03. The highest BCUT2D eigenvalue weighted by Crippen LogP contribution is 2.23. The van der Waals surface area contributed by atoms with Gasteiger partial charge >= 0.3 is 0 Å². The Balaban J connectivity index is 2.06. The summed E-state index contributed by atoms with van der Waals surface area (Å²) < 4.78 is 24.9. The van der Waals surface area contributed by atoms with E-state index in [0.717, 1.165) is 18.5 Å². The van der Waals surface area contributed by atoms with Gasteiger partial charge in [-0.25, -0.2) is 13.1 Å². The van der Waals surface area contributed by atoms with Gasteiger partial charge in [0.05, 0.1) is 5.75 Å². The average molecular weight is 240 g/mol. The maximum absolute atomic E-state index is 11.3. The Morgan fingerprint density at radius 2 is 2.25 bits per heavy atom. The van der Waals surface area contributed by atoms with E-state index in [0.29, 0.717) is 6.42 Å². The Bertz CT molecular complexity index is 483. The molecule has 1 aromatic rings. The van der Waals surface area contributed by atoms with Gasteiger partial charge in [0.2, 0.25) is 10.0 Å². The van der Waals surface area contributed by atoms with Crippen molar-refractivity contribution in [1.82, 2.24) is 4.72 Å². The molecular weight excluding hydrogens is 224 g/mol. The third kappa shape index (κ3) is 2.54. The zero-order valence-corrected chi connectivity index (χ0v) is 10.1. The molecule has 0 saturated heterocycles. The van der Waals surface area contributed by atoms with Crippen molar-refractivity contribution in [2.45, 2.75) is 12.8 Å². The molecule has 4 nitrogen and oxygen atoms in total. The van der Waals surface area contributed by atoms with E-state index in [2.05, 4.69) is 16.1 Å². The van der Waals surface area contributed by atoms with E-state index in [1.165, 1.54) is 18.3 Å². The SMILES string of the molecule is CNS(=O)(=O)CCc1ccc2c(c1)CCN2. The van der Waals surface area contributed by atoms with Crippen LogP contribution in [0.5, 0.6) is 0 Å². The molecule has 1 aromatic carbocycles. The van der Waals surface area contributed by atoms with Crippen molar-refractivity contribution in [3.05, 3.63) is 29.3 Å². The van der Waals surface area contributed by atoms with Crippen LogP contribution in [0.2, 0.25) is 0 Å². The normalized spacial score (nSPS) is 14.6. The first kappa shape index (κ1) is 11.4. The largest absolute Gasteiger partial charge is 0.384 e. The summed E-state index contributed by atoms with van der Waals surface area (Å²) >= 11 is 0. The summed E-state index contributed by atoms with van der Waals surface area (Å²) in [5, 5.41) is 3.28. The Labute approximate surface area is 96.1 Å². The van der Waals surface area contributed by atoms with Gasteiger partial charge in [-0.2, -0.15) is 0 Å². The highest BCUT2D eigenvalue weighted by atomic mass is 32.2. The lowest BCUT2D eigenvalue weighted by Gasteiger charge is -2.05. The van der Waals surface area contributed by atoms with Gasteiger partial charge in [0.1, 0.15) is 0 Å². The Hall–Kier alpha value is -1.07. The van der Waals surface area contributed by atoms with Gasteiger partial charge in [0.25, 0.3) is 0 Å². The second-order valence-electron chi connectivity index (χ2n) is 3.94. The summed E-state index contributed by atoms with van der Waals surface area (Å²) in [7, 11) is -1.65. The maximum Gasteiger partial charge on any atom is 0.211 e. The van der Waals surface area contributed by atoms with Gasteiger partial charge in [0.15, 0.2) is 0 Å². The molecule has 1 aliphatic heterocycles. The second-order valence-corrected chi connectivity index (χ2v) is 5.99. The lowest BCUT2D eigenvalue weighted by molar-refractivity contribution is 0.587. The number of rotatable bonds is 4. The van der Waals surface area contributed by atoms with Crippen LogP contribution in [0.3, 0.4) is 0 Å². The van der Waals surface area contributed by atoms with Gasteiger partial charge in [-0.05, 0) is 37.1 Å². The van der Waals surface area contributed by atoms with E-state index in [4.69, 9.17) is 0 Å². The molecule has 0 fully saturated rings. The summed E-state index contributed by atoms with van der Waals surface area (Å²) in [5.41, 5.74) is 3.56. The number of fused-ring (bicyclic) bond motifs is 1. The van der Waals surface area contributed by atoms with Gasteiger partial charge in [-0.3, -0.25) is 0 Å². The molecule has 2 rings (SSSR count). The van der Waals surface area contributed by atoms with Gasteiger partial charge < -0.3 is 5.32 Å². The van der Waals surface area contributed by atoms with Crippen molar-refractivity contribution in [3.63, 3.8) is 0 Å². The van der Waals surface area contributed by atoms with Crippen molar-refractivity contribution >= 4 is 15.7 Å². The Morgan fingerprint density at radius 3 is 3.00 bits per heavy atom. The number of aryl methyl sites for hydroxylation is 1. The quantitative estimate of drug-likeness (QED) is 0.816. The van der Waals surface area contributed by atoms with E-state index in [-0.39, 0.29) is 5.75 Å². The molecule has 0 amide bonds. The molecule has 16 heavy (non-hydrogen) atoms. The molecule has 2 N–H and O–H groups in total. The van der Waals surface area contributed by atoms with E-state index >= 15 is 0 Å². The van der Waals surface area contributed by atoms with Crippen molar-refractivity contribution in [3.8, 4) is 0 Å². The van der Waals surface area contributed by atoms with Crippen LogP contribution in [-0.2, 0) is 22.9 Å². The smallest absolute Gasteiger partial charge is 0.211 e. The monoisotopic (exact) mass is 240 g/mol. The molecule has 5 heteroatoms. The summed E-state index contributed by atoms with van der Waals surface area (Å²) in [6, 6.07) is 6.12. The predicted octanol–water partition coefficient (Wildman–Crippen LogP) is 0.746. The molecule has 0 spiro atoms. The lowest BCUT2D eigenvalue weighted by Crippen LogP contribution is -2.23. The first-order chi connectivity index (χ1) is 7.61. The minimum atomic E-state index is -3.10. The van der Waals surface area contributed by atoms with E-state index in [1.807, 2.05) is 12.1 Å². The second kappa shape index (κ2) is 4.43. The Kier molecular flexibility index (Phi) is 3.16. The van der Waals surface area contributed by atoms with Crippen LogP contribution in [0.1, 0.15) is 11.1 Å². The molecule has 0 unspecified atom stereocenters. The number of hydrogen-bond acceptors (Lipinski definition) is 3. The number of nitrogens with one attached hydrogen (secondary N) is 2. The number of anilines is 1. The molecule has 1 heterocycles. The van der Waals surface area contributed by atoms with Crippen molar-refractivity contribution < 1.29 is 8.42 Å². The lowest BCUT2D eigenvalue weighted by atomic mass is 10.1. The van der Waals surface area contributed by atoms with E-state index in [9.17, 15) is 8.42 Å². The maximum atomic E-state index is 11.3. The zero-order valence-electron chi connectivity index (χ0n) is 9.29. The topological polar surface area (TPSA) is 58.2 Å². The van der Waals surface area contributed by atoms with Gasteiger partial charge in [0, 0.05) is 12.2 Å². The van der Waals surface area contributed by atoms with Crippen LogP contribution in [0.15, 0.2) is 18.2 Å². The standard InChI is InChI=1S/C11H16N2O2S/c1-12-16(14,15)7-5-9-2-3-11-10(8-9)4-6-13-11/h2-3,8,12-13H,4-7H2,1H3. The molecule has 88 valence electrons. The molecule has 0 bridgehead atoms. The molecular formula is C11H16N2O2S. The Morgan fingerprint density at radius 1 is 1.44 bits per heavy atom. The summed E-state index contributed by atoms with van der Waals surface area (Å²) in [4.78, 5) is 0. The van der Waals surface area contributed by atoms with Crippen molar-refractivity contribution in [2.75, 3.05) is 24.7 Å². The summed E-state index contributed by atoms with van der Waals surface area (Å²) in [6.07, 6.45) is 1.60. The summed E-state index contributed by atoms with van der Waals surface area (Å²) in [5.74, 6) is 0.149. The van der Waals surface area contributed by atoms with Gasteiger partial charge in [-0.1, -0.05) is 12.1 Å². The number of sulfonamides is 1. The van der Waals surface area contributed by atoms with Crippen molar-refractivity contribution in [1.29, 1.82) is 0 Å². The average Bonchev–Trinajstić information content (AvgIpc) is 2.73. The van der Waals surface area contributed by atoms with E-state index in [1.54, 1.807) is 0 Å². The van der Waals surface area contributed by atoms with Crippen molar-refractivity contribution in [2.24, 2.45) is 0 Å². The third-order valence-electron chi connectivity index (χ3n) is 2.85. The highest BCUT2D eigenvalue weighted by Gasteiger charge is 2.11. The summed E-state index contributed by atoms with van der Waals surface area (Å²) in [6.45, 7) is 0.980. The zero-order chi connectivity index (χ0) is 11.6. The van der Waals surface area contributed by atoms with Crippen LogP contribution >= 0.6 is 0 Å². The molecule has 0 atom stereocenters. The van der Waals surface area contributed by atoms with Crippen LogP contribution in [0.25, 0.3) is 0 Å². The van der Waals surface area contributed by atoms with Gasteiger partial charge in [-0.15, -0.1) is 0 Å².